The van der Waals surface area contributed by atoms with Crippen LogP contribution in [0.4, 0.5) is 0 Å². The Bertz CT molecular complexity index is 214. The number of hydrogen-bond acceptors (Lipinski definition) is 2. The predicted octanol–water partition coefficient (Wildman–Crippen LogP) is 1.93. The van der Waals surface area contributed by atoms with E-state index in [4.69, 9.17) is 10.5 Å². The zero-order valence-corrected chi connectivity index (χ0v) is 8.97. The third kappa shape index (κ3) is 1.08. The van der Waals surface area contributed by atoms with E-state index in [1.165, 1.54) is 25.7 Å². The van der Waals surface area contributed by atoms with Gasteiger partial charge in [-0.3, -0.25) is 0 Å². The average Bonchev–Trinajstić information content (AvgIpc) is 2.52. The molecule has 0 radical (unpaired) electrons. The molecule has 2 heteroatoms. The maximum atomic E-state index is 6.17. The van der Waals surface area contributed by atoms with Gasteiger partial charge in [0.05, 0.1) is 6.10 Å². The number of nitrogens with two attached hydrogens (primary N) is 1. The van der Waals surface area contributed by atoms with E-state index in [1.54, 1.807) is 0 Å². The second-order valence-electron chi connectivity index (χ2n) is 5.31. The van der Waals surface area contributed by atoms with Crippen LogP contribution in [0.3, 0.4) is 0 Å². The lowest BCUT2D eigenvalue weighted by Gasteiger charge is -2.30. The minimum atomic E-state index is 0.351. The quantitative estimate of drug-likeness (QED) is 0.674. The molecular formula is C11H21NO. The molecule has 0 aliphatic heterocycles. The Morgan fingerprint density at radius 2 is 2.00 bits per heavy atom. The van der Waals surface area contributed by atoms with Crippen molar-refractivity contribution in [1.82, 2.24) is 0 Å². The molecular weight excluding hydrogens is 162 g/mol. The summed E-state index contributed by atoms with van der Waals surface area (Å²) in [7, 11) is 1.82. The van der Waals surface area contributed by atoms with Gasteiger partial charge in [0.1, 0.15) is 0 Å². The molecule has 0 aromatic heterocycles. The first-order chi connectivity index (χ1) is 6.04. The van der Waals surface area contributed by atoms with Crippen LogP contribution in [0.2, 0.25) is 0 Å². The lowest BCUT2D eigenvalue weighted by Crippen LogP contribution is -2.27. The van der Waals surface area contributed by atoms with Gasteiger partial charge in [0.15, 0.2) is 0 Å². The maximum Gasteiger partial charge on any atom is 0.0577 e. The first kappa shape index (κ1) is 9.47. The number of hydrogen-bond donors (Lipinski definition) is 1. The molecule has 3 atom stereocenters. The van der Waals surface area contributed by atoms with Crippen molar-refractivity contribution in [3.05, 3.63) is 0 Å². The van der Waals surface area contributed by atoms with Crippen LogP contribution in [-0.4, -0.2) is 19.3 Å². The molecule has 0 aromatic carbocycles. The number of rotatable bonds is 1. The zero-order chi connectivity index (χ0) is 9.69. The van der Waals surface area contributed by atoms with Gasteiger partial charge in [0.25, 0.3) is 0 Å². The molecule has 2 saturated carbocycles. The van der Waals surface area contributed by atoms with Gasteiger partial charge in [0, 0.05) is 13.2 Å². The normalized spacial score (nSPS) is 48.0. The molecule has 2 rings (SSSR count). The second kappa shape index (κ2) is 2.71. The van der Waals surface area contributed by atoms with Crippen LogP contribution in [0.5, 0.6) is 0 Å². The van der Waals surface area contributed by atoms with Gasteiger partial charge in [-0.05, 0) is 30.1 Å². The molecule has 2 N–H and O–H groups in total. The van der Waals surface area contributed by atoms with E-state index in [2.05, 4.69) is 13.8 Å². The van der Waals surface area contributed by atoms with Crippen LogP contribution in [0, 0.1) is 10.8 Å². The summed E-state index contributed by atoms with van der Waals surface area (Å²) >= 11 is 0. The molecule has 76 valence electrons. The largest absolute Gasteiger partial charge is 0.381 e. The van der Waals surface area contributed by atoms with Crippen LogP contribution >= 0.6 is 0 Å². The summed E-state index contributed by atoms with van der Waals surface area (Å²) in [6.07, 6.45) is 5.46. The molecule has 0 saturated heterocycles. The highest BCUT2D eigenvalue weighted by atomic mass is 16.5. The third-order valence-corrected chi connectivity index (χ3v) is 4.65. The Labute approximate surface area is 80.8 Å². The molecule has 2 aliphatic carbocycles. The van der Waals surface area contributed by atoms with Crippen molar-refractivity contribution in [1.29, 1.82) is 0 Å². The van der Waals surface area contributed by atoms with Crippen LogP contribution in [0.1, 0.15) is 39.5 Å². The van der Waals surface area contributed by atoms with E-state index in [0.717, 1.165) is 0 Å². The van der Waals surface area contributed by atoms with Gasteiger partial charge in [-0.2, -0.15) is 0 Å². The molecule has 2 fully saturated rings. The van der Waals surface area contributed by atoms with Gasteiger partial charge in [-0.15, -0.1) is 0 Å². The molecule has 13 heavy (non-hydrogen) atoms. The fourth-order valence-electron chi connectivity index (χ4n) is 3.31. The van der Waals surface area contributed by atoms with Crippen molar-refractivity contribution in [3.63, 3.8) is 0 Å². The van der Waals surface area contributed by atoms with E-state index in [9.17, 15) is 0 Å². The fourth-order valence-corrected chi connectivity index (χ4v) is 3.31. The number of methoxy groups -OCH3 is 1. The summed E-state index contributed by atoms with van der Waals surface area (Å²) in [5.74, 6) is 0. The van der Waals surface area contributed by atoms with Crippen LogP contribution in [0.15, 0.2) is 0 Å². The summed E-state index contributed by atoms with van der Waals surface area (Å²) in [6.45, 7) is 4.60. The van der Waals surface area contributed by atoms with Crippen LogP contribution in [-0.2, 0) is 4.74 Å². The van der Waals surface area contributed by atoms with Crippen molar-refractivity contribution in [2.45, 2.75) is 51.7 Å². The minimum absolute atomic E-state index is 0.351. The van der Waals surface area contributed by atoms with Crippen molar-refractivity contribution in [2.24, 2.45) is 16.6 Å². The van der Waals surface area contributed by atoms with Crippen molar-refractivity contribution in [2.75, 3.05) is 7.11 Å². The van der Waals surface area contributed by atoms with Crippen molar-refractivity contribution in [3.8, 4) is 0 Å². The molecule has 1 spiro atoms. The summed E-state index contributed by atoms with van der Waals surface area (Å²) in [5.41, 5.74) is 6.93. The smallest absolute Gasteiger partial charge is 0.0577 e. The van der Waals surface area contributed by atoms with Gasteiger partial charge >= 0.3 is 0 Å². The summed E-state index contributed by atoms with van der Waals surface area (Å²) in [5, 5.41) is 0. The minimum Gasteiger partial charge on any atom is -0.381 e. The number of ether oxygens (including phenoxy) is 1. The van der Waals surface area contributed by atoms with Crippen LogP contribution < -0.4 is 5.73 Å². The average molecular weight is 183 g/mol. The highest BCUT2D eigenvalue weighted by molar-refractivity contribution is 5.22. The first-order valence-electron chi connectivity index (χ1n) is 5.33. The van der Waals surface area contributed by atoms with Crippen molar-refractivity contribution < 1.29 is 4.74 Å². The molecule has 2 aliphatic rings. The SMILES string of the molecule is COC1CCCC2(C1)C(N)C2(C)C. The summed E-state index contributed by atoms with van der Waals surface area (Å²) in [6, 6.07) is 0.401. The Morgan fingerprint density at radius 3 is 2.46 bits per heavy atom. The van der Waals surface area contributed by atoms with Crippen molar-refractivity contribution >= 4 is 0 Å². The third-order valence-electron chi connectivity index (χ3n) is 4.65. The molecule has 0 bridgehead atoms. The van der Waals surface area contributed by atoms with Gasteiger partial charge < -0.3 is 10.5 Å². The van der Waals surface area contributed by atoms with Gasteiger partial charge in [0.2, 0.25) is 0 Å². The first-order valence-corrected chi connectivity index (χ1v) is 5.33. The summed E-state index contributed by atoms with van der Waals surface area (Å²) in [4.78, 5) is 0. The van der Waals surface area contributed by atoms with Gasteiger partial charge in [-0.1, -0.05) is 20.3 Å². The molecule has 0 heterocycles. The molecule has 0 amide bonds. The van der Waals surface area contributed by atoms with E-state index in [1.807, 2.05) is 7.11 Å². The Kier molecular flexibility index (Phi) is 1.97. The Morgan fingerprint density at radius 1 is 1.38 bits per heavy atom. The summed E-state index contributed by atoms with van der Waals surface area (Å²) < 4.78 is 5.45. The predicted molar refractivity (Wildman–Crippen MR) is 53.5 cm³/mol. The fraction of sp³-hybridized carbons (Fsp3) is 1.00. The van der Waals surface area contributed by atoms with E-state index < -0.39 is 0 Å². The standard InChI is InChI=1S/C11H21NO/c1-10(2)9(12)11(10)6-4-5-8(7-11)13-3/h8-9H,4-7,12H2,1-3H3. The Balaban J connectivity index is 2.09. The molecule has 0 aromatic rings. The Hall–Kier alpha value is -0.0800. The monoisotopic (exact) mass is 183 g/mol. The second-order valence-corrected chi connectivity index (χ2v) is 5.31. The van der Waals surface area contributed by atoms with Crippen LogP contribution in [0.25, 0.3) is 0 Å². The zero-order valence-electron chi connectivity index (χ0n) is 8.97. The van der Waals surface area contributed by atoms with E-state index >= 15 is 0 Å². The maximum absolute atomic E-state index is 6.17. The van der Waals surface area contributed by atoms with E-state index in [-0.39, 0.29) is 0 Å². The topological polar surface area (TPSA) is 35.2 Å². The lowest BCUT2D eigenvalue weighted by atomic mass is 9.79. The highest BCUT2D eigenvalue weighted by Gasteiger charge is 2.69. The van der Waals surface area contributed by atoms with E-state index in [0.29, 0.717) is 23.0 Å². The molecule has 2 nitrogen and oxygen atoms in total. The highest BCUT2D eigenvalue weighted by Crippen LogP contribution is 2.68. The lowest BCUT2D eigenvalue weighted by molar-refractivity contribution is 0.0345. The molecule has 3 unspecified atom stereocenters. The van der Waals surface area contributed by atoms with Gasteiger partial charge in [-0.25, -0.2) is 0 Å².